The van der Waals surface area contributed by atoms with Gasteiger partial charge in [0.05, 0.1) is 0 Å². The Balaban J connectivity index is 2.35. The molecule has 0 aromatic heterocycles. The Bertz CT molecular complexity index is 276. The molecule has 3 heteroatoms. The van der Waals surface area contributed by atoms with Crippen molar-refractivity contribution in [2.45, 2.75) is 30.8 Å². The highest BCUT2D eigenvalue weighted by molar-refractivity contribution is 7.99. The van der Waals surface area contributed by atoms with Gasteiger partial charge in [-0.3, -0.25) is 0 Å². The topological polar surface area (TPSA) is 20.2 Å². The summed E-state index contributed by atoms with van der Waals surface area (Å²) in [5.41, 5.74) is -1.09. The molecule has 0 atom stereocenters. The zero-order valence-corrected chi connectivity index (χ0v) is 9.27. The first-order valence-electron chi connectivity index (χ1n) is 4.58. The van der Waals surface area contributed by atoms with Crippen LogP contribution >= 0.6 is 11.8 Å². The molecular formula is C11H15FOS. The smallest absolute Gasteiger partial charge is 0.115 e. The van der Waals surface area contributed by atoms with Crippen molar-refractivity contribution in [1.29, 1.82) is 0 Å². The van der Waals surface area contributed by atoms with Gasteiger partial charge in [0.1, 0.15) is 11.4 Å². The fraction of sp³-hybridized carbons (Fsp3) is 0.455. The van der Waals surface area contributed by atoms with Gasteiger partial charge < -0.3 is 5.11 Å². The normalized spacial score (nSPS) is 11.6. The number of aromatic hydroxyl groups is 1. The lowest BCUT2D eigenvalue weighted by molar-refractivity contribution is 0.212. The maximum Gasteiger partial charge on any atom is 0.115 e. The van der Waals surface area contributed by atoms with Crippen LogP contribution in [-0.2, 0) is 0 Å². The molecule has 0 fully saturated rings. The fourth-order valence-corrected chi connectivity index (χ4v) is 2.11. The summed E-state index contributed by atoms with van der Waals surface area (Å²) in [6.45, 7) is 3.18. The number of thioether (sulfide) groups is 1. The maximum atomic E-state index is 13.1. The summed E-state index contributed by atoms with van der Waals surface area (Å²) in [7, 11) is 0. The second-order valence-corrected chi connectivity index (χ2v) is 4.98. The molecule has 0 heterocycles. The van der Waals surface area contributed by atoms with Crippen LogP contribution in [0.3, 0.4) is 0 Å². The highest BCUT2D eigenvalue weighted by atomic mass is 32.2. The lowest BCUT2D eigenvalue weighted by Gasteiger charge is -2.12. The van der Waals surface area contributed by atoms with Gasteiger partial charge in [-0.2, -0.15) is 0 Å². The fourth-order valence-electron chi connectivity index (χ4n) is 0.954. The van der Waals surface area contributed by atoms with E-state index in [2.05, 4.69) is 0 Å². The van der Waals surface area contributed by atoms with E-state index in [4.69, 9.17) is 5.11 Å². The van der Waals surface area contributed by atoms with Gasteiger partial charge in [0, 0.05) is 10.6 Å². The molecule has 0 radical (unpaired) electrons. The van der Waals surface area contributed by atoms with E-state index in [0.717, 1.165) is 10.6 Å². The Labute approximate surface area is 88.3 Å². The minimum Gasteiger partial charge on any atom is -0.508 e. The summed E-state index contributed by atoms with van der Waals surface area (Å²) in [6.07, 6.45) is 0.540. The van der Waals surface area contributed by atoms with Crippen LogP contribution in [0.5, 0.6) is 5.75 Å². The third-order valence-electron chi connectivity index (χ3n) is 1.80. The molecule has 0 unspecified atom stereocenters. The number of halogens is 1. The van der Waals surface area contributed by atoms with E-state index in [9.17, 15) is 4.39 Å². The number of benzene rings is 1. The second-order valence-electron chi connectivity index (χ2n) is 3.81. The molecule has 0 spiro atoms. The summed E-state index contributed by atoms with van der Waals surface area (Å²) >= 11 is 1.60. The van der Waals surface area contributed by atoms with E-state index < -0.39 is 5.67 Å². The van der Waals surface area contributed by atoms with Crippen LogP contribution in [0.1, 0.15) is 20.3 Å². The first kappa shape index (κ1) is 11.4. The highest BCUT2D eigenvalue weighted by Crippen LogP contribution is 2.24. The Morgan fingerprint density at radius 3 is 2.36 bits per heavy atom. The summed E-state index contributed by atoms with van der Waals surface area (Å²) < 4.78 is 13.1. The quantitative estimate of drug-likeness (QED) is 0.772. The standard InChI is InChI=1S/C11H15FOS/c1-11(2,12)7-8-14-10-5-3-9(13)4-6-10/h3-6,13H,7-8H2,1-2H3. The van der Waals surface area contributed by atoms with Crippen molar-refractivity contribution >= 4 is 11.8 Å². The summed E-state index contributed by atoms with van der Waals surface area (Å²) in [6, 6.07) is 6.96. The highest BCUT2D eigenvalue weighted by Gasteiger charge is 2.14. The molecule has 14 heavy (non-hydrogen) atoms. The van der Waals surface area contributed by atoms with E-state index in [1.807, 2.05) is 12.1 Å². The van der Waals surface area contributed by atoms with Crippen LogP contribution in [0.4, 0.5) is 4.39 Å². The summed E-state index contributed by atoms with van der Waals surface area (Å²) in [5.74, 6) is 1.02. The molecule has 78 valence electrons. The molecule has 0 aliphatic carbocycles. The molecule has 0 saturated heterocycles. The van der Waals surface area contributed by atoms with Crippen LogP contribution in [0, 0.1) is 0 Å². The van der Waals surface area contributed by atoms with Crippen molar-refractivity contribution in [1.82, 2.24) is 0 Å². The minimum atomic E-state index is -1.09. The van der Waals surface area contributed by atoms with Crippen molar-refractivity contribution in [3.8, 4) is 5.75 Å². The van der Waals surface area contributed by atoms with Crippen molar-refractivity contribution in [3.63, 3.8) is 0 Å². The molecule has 1 aromatic carbocycles. The second kappa shape index (κ2) is 4.69. The Morgan fingerprint density at radius 1 is 1.29 bits per heavy atom. The molecule has 0 bridgehead atoms. The van der Waals surface area contributed by atoms with Gasteiger partial charge in [-0.25, -0.2) is 4.39 Å². The molecular weight excluding hydrogens is 199 g/mol. The SMILES string of the molecule is CC(C)(F)CCSc1ccc(O)cc1. The third kappa shape index (κ3) is 4.51. The predicted molar refractivity (Wildman–Crippen MR) is 58.6 cm³/mol. The van der Waals surface area contributed by atoms with Crippen LogP contribution in [-0.4, -0.2) is 16.5 Å². The van der Waals surface area contributed by atoms with E-state index in [1.165, 1.54) is 0 Å². The van der Waals surface area contributed by atoms with Gasteiger partial charge in [0.25, 0.3) is 0 Å². The van der Waals surface area contributed by atoms with Crippen LogP contribution in [0.15, 0.2) is 29.2 Å². The molecule has 1 aromatic rings. The number of rotatable bonds is 4. The predicted octanol–water partition coefficient (Wildman–Crippen LogP) is 3.62. The average molecular weight is 214 g/mol. The number of alkyl halides is 1. The zero-order chi connectivity index (χ0) is 10.6. The van der Waals surface area contributed by atoms with Crippen molar-refractivity contribution in [2.75, 3.05) is 5.75 Å². The molecule has 1 nitrogen and oxygen atoms in total. The number of hydrogen-bond donors (Lipinski definition) is 1. The largest absolute Gasteiger partial charge is 0.508 e. The molecule has 1 rings (SSSR count). The van der Waals surface area contributed by atoms with Crippen LogP contribution in [0.2, 0.25) is 0 Å². The monoisotopic (exact) mass is 214 g/mol. The van der Waals surface area contributed by atoms with Gasteiger partial charge in [0.15, 0.2) is 0 Å². The van der Waals surface area contributed by atoms with E-state index in [-0.39, 0.29) is 5.75 Å². The number of phenols is 1. The lowest BCUT2D eigenvalue weighted by Crippen LogP contribution is -2.12. The third-order valence-corrected chi connectivity index (χ3v) is 2.82. The molecule has 0 saturated carbocycles. The summed E-state index contributed by atoms with van der Waals surface area (Å²) in [4.78, 5) is 1.06. The number of phenolic OH excluding ortho intramolecular Hbond substituents is 1. The zero-order valence-electron chi connectivity index (χ0n) is 8.46. The van der Waals surface area contributed by atoms with Gasteiger partial charge >= 0.3 is 0 Å². The van der Waals surface area contributed by atoms with Crippen LogP contribution in [0.25, 0.3) is 0 Å². The maximum absolute atomic E-state index is 13.1. The molecule has 0 aliphatic heterocycles. The first-order valence-corrected chi connectivity index (χ1v) is 5.57. The van der Waals surface area contributed by atoms with E-state index in [1.54, 1.807) is 37.7 Å². The number of hydrogen-bond acceptors (Lipinski definition) is 2. The minimum absolute atomic E-state index is 0.264. The van der Waals surface area contributed by atoms with E-state index in [0.29, 0.717) is 6.42 Å². The van der Waals surface area contributed by atoms with Gasteiger partial charge in [-0.15, -0.1) is 11.8 Å². The first-order chi connectivity index (χ1) is 6.47. The van der Waals surface area contributed by atoms with Crippen LogP contribution < -0.4 is 0 Å². The average Bonchev–Trinajstić information content (AvgIpc) is 2.06. The van der Waals surface area contributed by atoms with Gasteiger partial charge in [0.2, 0.25) is 0 Å². The van der Waals surface area contributed by atoms with E-state index >= 15 is 0 Å². The van der Waals surface area contributed by atoms with Crippen molar-refractivity contribution < 1.29 is 9.50 Å². The van der Waals surface area contributed by atoms with Gasteiger partial charge in [-0.1, -0.05) is 0 Å². The van der Waals surface area contributed by atoms with Crippen molar-refractivity contribution in [3.05, 3.63) is 24.3 Å². The van der Waals surface area contributed by atoms with Gasteiger partial charge in [-0.05, 0) is 44.5 Å². The molecule has 0 amide bonds. The Kier molecular flexibility index (Phi) is 3.81. The molecule has 1 N–H and O–H groups in total. The Morgan fingerprint density at radius 2 is 1.86 bits per heavy atom. The van der Waals surface area contributed by atoms with Crippen molar-refractivity contribution in [2.24, 2.45) is 0 Å². The molecule has 0 aliphatic rings. The summed E-state index contributed by atoms with van der Waals surface area (Å²) in [5, 5.41) is 9.04. The Hall–Kier alpha value is -0.700. The lowest BCUT2D eigenvalue weighted by atomic mass is 10.1.